The highest BCUT2D eigenvalue weighted by atomic mass is 16.5. The van der Waals surface area contributed by atoms with Crippen LogP contribution in [-0.4, -0.2) is 12.9 Å². The van der Waals surface area contributed by atoms with Crippen molar-refractivity contribution in [1.82, 2.24) is 0 Å². The first kappa shape index (κ1) is 14.6. The first-order valence-electron chi connectivity index (χ1n) is 7.76. The van der Waals surface area contributed by atoms with Crippen LogP contribution in [0.5, 0.6) is 5.75 Å². The molecule has 2 aromatic rings. The Labute approximate surface area is 130 Å². The van der Waals surface area contributed by atoms with Crippen LogP contribution in [0, 0.1) is 17.2 Å². The number of ketones is 1. The average molecular weight is 293 g/mol. The van der Waals surface area contributed by atoms with Crippen LogP contribution < -0.4 is 4.74 Å². The summed E-state index contributed by atoms with van der Waals surface area (Å²) < 4.78 is 5.51. The van der Waals surface area contributed by atoms with Gasteiger partial charge in [-0.15, -0.1) is 0 Å². The van der Waals surface area contributed by atoms with Gasteiger partial charge >= 0.3 is 0 Å². The standard InChI is InChI=1S/C19H19NO2/c1-22-19-10-9-15-14(12-20)6-4-7-16(15)17(19)11-13-5-2-3-8-18(13)21/h4,6-7,9-10,13H,2-3,5,8,11H2,1H3/t13-/m0/s1. The van der Waals surface area contributed by atoms with Crippen molar-refractivity contribution in [3.05, 3.63) is 41.5 Å². The highest BCUT2D eigenvalue weighted by Crippen LogP contribution is 2.34. The molecule has 3 nitrogen and oxygen atoms in total. The monoisotopic (exact) mass is 293 g/mol. The molecule has 2 aromatic carbocycles. The smallest absolute Gasteiger partial charge is 0.136 e. The lowest BCUT2D eigenvalue weighted by atomic mass is 9.82. The van der Waals surface area contributed by atoms with Gasteiger partial charge in [-0.3, -0.25) is 4.79 Å². The molecule has 112 valence electrons. The summed E-state index contributed by atoms with van der Waals surface area (Å²) >= 11 is 0. The molecule has 1 aliphatic rings. The van der Waals surface area contributed by atoms with Crippen molar-refractivity contribution in [2.45, 2.75) is 32.1 Å². The summed E-state index contributed by atoms with van der Waals surface area (Å²) in [4.78, 5) is 12.2. The first-order chi connectivity index (χ1) is 10.7. The SMILES string of the molecule is COc1ccc2c(C#N)cccc2c1C[C@@H]1CCCCC1=O. The van der Waals surface area contributed by atoms with E-state index in [9.17, 15) is 10.1 Å². The van der Waals surface area contributed by atoms with Gasteiger partial charge in [0, 0.05) is 17.9 Å². The van der Waals surface area contributed by atoms with E-state index >= 15 is 0 Å². The van der Waals surface area contributed by atoms with Crippen LogP contribution in [0.1, 0.15) is 36.8 Å². The Morgan fingerprint density at radius 3 is 2.82 bits per heavy atom. The van der Waals surface area contributed by atoms with Crippen LogP contribution in [0.4, 0.5) is 0 Å². The number of fused-ring (bicyclic) bond motifs is 1. The van der Waals surface area contributed by atoms with Crippen molar-refractivity contribution in [1.29, 1.82) is 5.26 Å². The Morgan fingerprint density at radius 2 is 2.09 bits per heavy atom. The third-order valence-corrected chi connectivity index (χ3v) is 4.60. The van der Waals surface area contributed by atoms with Crippen molar-refractivity contribution in [3.8, 4) is 11.8 Å². The summed E-state index contributed by atoms with van der Waals surface area (Å²) in [6, 6.07) is 11.8. The number of benzene rings is 2. The zero-order valence-corrected chi connectivity index (χ0v) is 12.8. The topological polar surface area (TPSA) is 50.1 Å². The van der Waals surface area contributed by atoms with Crippen molar-refractivity contribution < 1.29 is 9.53 Å². The fourth-order valence-electron chi connectivity index (χ4n) is 3.42. The number of methoxy groups -OCH3 is 1. The second-order valence-electron chi connectivity index (χ2n) is 5.87. The molecule has 0 radical (unpaired) electrons. The van der Waals surface area contributed by atoms with E-state index in [-0.39, 0.29) is 5.92 Å². The Balaban J connectivity index is 2.10. The van der Waals surface area contributed by atoms with E-state index in [1.54, 1.807) is 7.11 Å². The predicted octanol–water partition coefficient (Wildman–Crippen LogP) is 4.02. The number of Topliss-reactive ketones (excluding diaryl/α,β-unsaturated/α-hetero) is 1. The third kappa shape index (κ3) is 2.57. The predicted molar refractivity (Wildman–Crippen MR) is 85.9 cm³/mol. The molecule has 22 heavy (non-hydrogen) atoms. The minimum Gasteiger partial charge on any atom is -0.496 e. The average Bonchev–Trinajstić information content (AvgIpc) is 2.56. The molecule has 1 saturated carbocycles. The van der Waals surface area contributed by atoms with Gasteiger partial charge in [0.15, 0.2) is 0 Å². The molecule has 1 aliphatic carbocycles. The van der Waals surface area contributed by atoms with Gasteiger partial charge in [0.1, 0.15) is 11.5 Å². The largest absolute Gasteiger partial charge is 0.496 e. The van der Waals surface area contributed by atoms with E-state index < -0.39 is 0 Å². The number of nitriles is 1. The molecule has 0 aromatic heterocycles. The lowest BCUT2D eigenvalue weighted by molar-refractivity contribution is -0.124. The van der Waals surface area contributed by atoms with E-state index in [1.807, 2.05) is 30.3 Å². The van der Waals surface area contributed by atoms with E-state index in [2.05, 4.69) is 6.07 Å². The van der Waals surface area contributed by atoms with Crippen LogP contribution >= 0.6 is 0 Å². The summed E-state index contributed by atoms with van der Waals surface area (Å²) in [7, 11) is 1.65. The van der Waals surface area contributed by atoms with Crippen molar-refractivity contribution in [3.63, 3.8) is 0 Å². The molecule has 3 rings (SSSR count). The summed E-state index contributed by atoms with van der Waals surface area (Å²) in [5.41, 5.74) is 1.72. The van der Waals surface area contributed by atoms with E-state index in [1.165, 1.54) is 0 Å². The zero-order chi connectivity index (χ0) is 15.5. The van der Waals surface area contributed by atoms with Gasteiger partial charge in [0.2, 0.25) is 0 Å². The molecule has 3 heteroatoms. The molecule has 0 N–H and O–H groups in total. The van der Waals surface area contributed by atoms with Crippen LogP contribution in [0.25, 0.3) is 10.8 Å². The van der Waals surface area contributed by atoms with Crippen molar-refractivity contribution in [2.75, 3.05) is 7.11 Å². The summed E-state index contributed by atoms with van der Waals surface area (Å²) in [6.45, 7) is 0. The maximum atomic E-state index is 12.2. The van der Waals surface area contributed by atoms with Gasteiger partial charge in [-0.25, -0.2) is 0 Å². The molecular weight excluding hydrogens is 274 g/mol. The summed E-state index contributed by atoms with van der Waals surface area (Å²) in [5.74, 6) is 1.25. The highest BCUT2D eigenvalue weighted by molar-refractivity contribution is 5.93. The molecule has 0 aliphatic heterocycles. The molecule has 0 bridgehead atoms. The van der Waals surface area contributed by atoms with E-state index in [0.29, 0.717) is 24.2 Å². The number of hydrogen-bond acceptors (Lipinski definition) is 3. The minimum atomic E-state index is 0.0824. The van der Waals surface area contributed by atoms with Gasteiger partial charge in [0.05, 0.1) is 18.7 Å². The lowest BCUT2D eigenvalue weighted by Crippen LogP contribution is -2.21. The molecule has 0 unspecified atom stereocenters. The Kier molecular flexibility index (Phi) is 4.11. The molecule has 1 atom stereocenters. The molecule has 1 fully saturated rings. The fourth-order valence-corrected chi connectivity index (χ4v) is 3.42. The number of carbonyl (C=O) groups excluding carboxylic acids is 1. The molecule has 0 amide bonds. The number of carbonyl (C=O) groups is 1. The molecule has 0 saturated heterocycles. The maximum Gasteiger partial charge on any atom is 0.136 e. The number of ether oxygens (including phenoxy) is 1. The minimum absolute atomic E-state index is 0.0824. The second kappa shape index (κ2) is 6.19. The van der Waals surface area contributed by atoms with Gasteiger partial charge < -0.3 is 4.74 Å². The Hall–Kier alpha value is -2.34. The van der Waals surface area contributed by atoms with Crippen LogP contribution in [0.15, 0.2) is 30.3 Å². The van der Waals surface area contributed by atoms with Gasteiger partial charge in [-0.2, -0.15) is 5.26 Å². The maximum absolute atomic E-state index is 12.2. The molecular formula is C19H19NO2. The van der Waals surface area contributed by atoms with E-state index in [0.717, 1.165) is 41.3 Å². The van der Waals surface area contributed by atoms with Crippen LogP contribution in [0.3, 0.4) is 0 Å². The summed E-state index contributed by atoms with van der Waals surface area (Å²) in [6.07, 6.45) is 4.49. The lowest BCUT2D eigenvalue weighted by Gasteiger charge is -2.22. The Morgan fingerprint density at radius 1 is 1.23 bits per heavy atom. The first-order valence-corrected chi connectivity index (χ1v) is 7.76. The molecule has 0 spiro atoms. The normalized spacial score (nSPS) is 18.2. The Bertz CT molecular complexity index is 758. The quantitative estimate of drug-likeness (QED) is 0.858. The number of nitrogens with zero attached hydrogens (tertiary/aromatic N) is 1. The van der Waals surface area contributed by atoms with Crippen molar-refractivity contribution >= 4 is 16.6 Å². The fraction of sp³-hybridized carbons (Fsp3) is 0.368. The number of rotatable bonds is 3. The summed E-state index contributed by atoms with van der Waals surface area (Å²) in [5, 5.41) is 11.2. The van der Waals surface area contributed by atoms with E-state index in [4.69, 9.17) is 4.74 Å². The van der Waals surface area contributed by atoms with Gasteiger partial charge in [0.25, 0.3) is 0 Å². The zero-order valence-electron chi connectivity index (χ0n) is 12.8. The second-order valence-corrected chi connectivity index (χ2v) is 5.87. The number of hydrogen-bond donors (Lipinski definition) is 0. The van der Waals surface area contributed by atoms with Gasteiger partial charge in [-0.05, 0) is 48.2 Å². The third-order valence-electron chi connectivity index (χ3n) is 4.60. The highest BCUT2D eigenvalue weighted by Gasteiger charge is 2.24. The van der Waals surface area contributed by atoms with Gasteiger partial charge in [-0.1, -0.05) is 18.6 Å². The van der Waals surface area contributed by atoms with Crippen LogP contribution in [-0.2, 0) is 11.2 Å². The van der Waals surface area contributed by atoms with Crippen LogP contribution in [0.2, 0.25) is 0 Å². The molecule has 0 heterocycles. The van der Waals surface area contributed by atoms with Crippen molar-refractivity contribution in [2.24, 2.45) is 5.92 Å².